The minimum absolute atomic E-state index is 0.191. The van der Waals surface area contributed by atoms with Gasteiger partial charge in [0.2, 0.25) is 0 Å². The molecule has 3 atom stereocenters. The minimum atomic E-state index is -0.837. The number of hydrogen-bond donors (Lipinski definition) is 1. The molecule has 0 aromatic carbocycles. The third-order valence-electron chi connectivity index (χ3n) is 2.80. The van der Waals surface area contributed by atoms with Crippen molar-refractivity contribution in [3.05, 3.63) is 0 Å². The predicted octanol–water partition coefficient (Wildman–Crippen LogP) is 0.320. The second-order valence-corrected chi connectivity index (χ2v) is 3.43. The van der Waals surface area contributed by atoms with Gasteiger partial charge in [-0.25, -0.2) is 4.79 Å². The van der Waals surface area contributed by atoms with Crippen molar-refractivity contribution < 1.29 is 14.6 Å². The van der Waals surface area contributed by atoms with Crippen LogP contribution in [0.25, 0.3) is 0 Å². The number of rotatable bonds is 0. The van der Waals surface area contributed by atoms with Gasteiger partial charge < -0.3 is 9.84 Å². The van der Waals surface area contributed by atoms with Gasteiger partial charge in [-0.2, -0.15) is 0 Å². The molecular formula is C8H12O3. The molecular weight excluding hydrogens is 144 g/mol. The molecule has 11 heavy (non-hydrogen) atoms. The zero-order valence-electron chi connectivity index (χ0n) is 6.32. The van der Waals surface area contributed by atoms with Crippen LogP contribution in [0.1, 0.15) is 19.3 Å². The molecule has 1 saturated carbocycles. The lowest BCUT2D eigenvalue weighted by Gasteiger charge is -2.28. The zero-order valence-corrected chi connectivity index (χ0v) is 6.32. The fourth-order valence-corrected chi connectivity index (χ4v) is 2.14. The molecule has 0 aromatic rings. The van der Waals surface area contributed by atoms with E-state index in [1.165, 1.54) is 0 Å². The topological polar surface area (TPSA) is 46.5 Å². The van der Waals surface area contributed by atoms with Gasteiger partial charge in [0.1, 0.15) is 0 Å². The molecule has 0 radical (unpaired) electrons. The van der Waals surface area contributed by atoms with Crippen LogP contribution in [-0.4, -0.2) is 23.8 Å². The Balaban J connectivity index is 2.11. The van der Waals surface area contributed by atoms with Crippen molar-refractivity contribution >= 4 is 5.97 Å². The monoisotopic (exact) mass is 156 g/mol. The number of carbonyl (C=O) groups excluding carboxylic acids is 1. The number of carbonyl (C=O) groups is 1. The summed E-state index contributed by atoms with van der Waals surface area (Å²) in [5.41, 5.74) is 0. The summed E-state index contributed by atoms with van der Waals surface area (Å²) in [5, 5.41) is 9.37. The summed E-state index contributed by atoms with van der Waals surface area (Å²) in [6, 6.07) is 0. The minimum Gasteiger partial charge on any atom is -0.463 e. The van der Waals surface area contributed by atoms with Crippen LogP contribution in [0.15, 0.2) is 0 Å². The Morgan fingerprint density at radius 2 is 2.27 bits per heavy atom. The molecule has 1 saturated heterocycles. The first-order valence-electron chi connectivity index (χ1n) is 4.14. The quantitative estimate of drug-likeness (QED) is 0.514. The van der Waals surface area contributed by atoms with E-state index in [0.717, 1.165) is 19.3 Å². The molecule has 3 heteroatoms. The van der Waals surface area contributed by atoms with E-state index in [2.05, 4.69) is 0 Å². The normalized spacial score (nSPS) is 43.4. The second kappa shape index (κ2) is 2.48. The SMILES string of the molecule is O=C1OC[C@H]2CCC[C@H]2[C@@H]1O. The summed E-state index contributed by atoms with van der Waals surface area (Å²) >= 11 is 0. The van der Waals surface area contributed by atoms with E-state index in [1.54, 1.807) is 0 Å². The van der Waals surface area contributed by atoms with Gasteiger partial charge >= 0.3 is 5.97 Å². The molecule has 1 N–H and O–H groups in total. The fourth-order valence-electron chi connectivity index (χ4n) is 2.14. The molecule has 0 amide bonds. The summed E-state index contributed by atoms with van der Waals surface area (Å²) in [7, 11) is 0. The molecule has 0 unspecified atom stereocenters. The maximum absolute atomic E-state index is 10.9. The van der Waals surface area contributed by atoms with Crippen LogP contribution in [0.2, 0.25) is 0 Å². The highest BCUT2D eigenvalue weighted by molar-refractivity contribution is 5.75. The lowest BCUT2D eigenvalue weighted by Crippen LogP contribution is -2.40. The molecule has 0 bridgehead atoms. The molecule has 3 nitrogen and oxygen atoms in total. The standard InChI is InChI=1S/C8H12O3/c9-7-6-3-1-2-5(6)4-11-8(7)10/h5-7,9H,1-4H2/t5-,6-,7+/m1/s1. The predicted molar refractivity (Wildman–Crippen MR) is 37.8 cm³/mol. The van der Waals surface area contributed by atoms with Gasteiger partial charge in [0.25, 0.3) is 0 Å². The van der Waals surface area contributed by atoms with Crippen LogP contribution in [-0.2, 0) is 9.53 Å². The number of fused-ring (bicyclic) bond motifs is 1. The van der Waals surface area contributed by atoms with Crippen LogP contribution < -0.4 is 0 Å². The van der Waals surface area contributed by atoms with Gasteiger partial charge in [0, 0.05) is 5.92 Å². The Hall–Kier alpha value is -0.570. The van der Waals surface area contributed by atoms with E-state index in [0.29, 0.717) is 12.5 Å². The van der Waals surface area contributed by atoms with Crippen molar-refractivity contribution in [2.45, 2.75) is 25.4 Å². The van der Waals surface area contributed by atoms with E-state index in [9.17, 15) is 9.90 Å². The van der Waals surface area contributed by atoms with Crippen molar-refractivity contribution in [3.63, 3.8) is 0 Å². The number of ether oxygens (including phenoxy) is 1. The third-order valence-corrected chi connectivity index (χ3v) is 2.80. The average Bonchev–Trinajstić information content (AvgIpc) is 2.45. The molecule has 0 aromatic heterocycles. The summed E-state index contributed by atoms with van der Waals surface area (Å²) in [6.07, 6.45) is 2.38. The Labute approximate surface area is 65.4 Å². The smallest absolute Gasteiger partial charge is 0.335 e. The number of hydrogen-bond acceptors (Lipinski definition) is 3. The van der Waals surface area contributed by atoms with Gasteiger partial charge in [0.05, 0.1) is 6.61 Å². The second-order valence-electron chi connectivity index (χ2n) is 3.43. The zero-order chi connectivity index (χ0) is 7.84. The molecule has 1 heterocycles. The van der Waals surface area contributed by atoms with Crippen molar-refractivity contribution in [1.82, 2.24) is 0 Å². The maximum Gasteiger partial charge on any atom is 0.335 e. The average molecular weight is 156 g/mol. The van der Waals surface area contributed by atoms with Crippen molar-refractivity contribution in [2.75, 3.05) is 6.61 Å². The van der Waals surface area contributed by atoms with Crippen LogP contribution >= 0.6 is 0 Å². The largest absolute Gasteiger partial charge is 0.463 e. The van der Waals surface area contributed by atoms with Crippen LogP contribution in [0.4, 0.5) is 0 Å². The molecule has 2 rings (SSSR count). The Kier molecular flexibility index (Phi) is 1.60. The number of cyclic esters (lactones) is 1. The molecule has 2 fully saturated rings. The number of aliphatic hydroxyl groups excluding tert-OH is 1. The van der Waals surface area contributed by atoms with Gasteiger partial charge in [-0.1, -0.05) is 6.42 Å². The van der Waals surface area contributed by atoms with Crippen molar-refractivity contribution in [2.24, 2.45) is 11.8 Å². The van der Waals surface area contributed by atoms with E-state index in [1.807, 2.05) is 0 Å². The fraction of sp³-hybridized carbons (Fsp3) is 0.875. The lowest BCUT2D eigenvalue weighted by atomic mass is 9.89. The van der Waals surface area contributed by atoms with Gasteiger partial charge in [-0.05, 0) is 18.8 Å². The molecule has 62 valence electrons. The molecule has 2 aliphatic rings. The summed E-state index contributed by atoms with van der Waals surface area (Å²) in [6.45, 7) is 0.528. The van der Waals surface area contributed by atoms with Crippen LogP contribution in [0.3, 0.4) is 0 Å². The number of aliphatic hydroxyl groups is 1. The third kappa shape index (κ3) is 1.03. The van der Waals surface area contributed by atoms with Crippen LogP contribution in [0, 0.1) is 11.8 Å². The Morgan fingerprint density at radius 3 is 3.09 bits per heavy atom. The highest BCUT2D eigenvalue weighted by atomic mass is 16.5. The highest BCUT2D eigenvalue weighted by Gasteiger charge is 2.41. The van der Waals surface area contributed by atoms with Crippen LogP contribution in [0.5, 0.6) is 0 Å². The summed E-state index contributed by atoms with van der Waals surface area (Å²) in [4.78, 5) is 10.9. The summed E-state index contributed by atoms with van der Waals surface area (Å²) < 4.78 is 4.82. The van der Waals surface area contributed by atoms with Gasteiger partial charge in [-0.3, -0.25) is 0 Å². The number of esters is 1. The van der Waals surface area contributed by atoms with Crippen molar-refractivity contribution in [3.8, 4) is 0 Å². The van der Waals surface area contributed by atoms with Gasteiger partial charge in [0.15, 0.2) is 6.10 Å². The first-order chi connectivity index (χ1) is 5.29. The van der Waals surface area contributed by atoms with E-state index < -0.39 is 12.1 Å². The Morgan fingerprint density at radius 1 is 1.45 bits per heavy atom. The Bertz CT molecular complexity index is 178. The van der Waals surface area contributed by atoms with E-state index in [-0.39, 0.29) is 5.92 Å². The van der Waals surface area contributed by atoms with E-state index >= 15 is 0 Å². The first kappa shape index (κ1) is 7.10. The maximum atomic E-state index is 10.9. The first-order valence-corrected chi connectivity index (χ1v) is 4.14. The summed E-state index contributed by atoms with van der Waals surface area (Å²) in [5.74, 6) is 0.201. The lowest BCUT2D eigenvalue weighted by molar-refractivity contribution is -0.167. The molecule has 1 aliphatic carbocycles. The molecule has 0 spiro atoms. The van der Waals surface area contributed by atoms with Crippen molar-refractivity contribution in [1.29, 1.82) is 0 Å². The van der Waals surface area contributed by atoms with E-state index in [4.69, 9.17) is 4.74 Å². The van der Waals surface area contributed by atoms with Gasteiger partial charge in [-0.15, -0.1) is 0 Å². The highest BCUT2D eigenvalue weighted by Crippen LogP contribution is 2.37. The molecule has 1 aliphatic heterocycles.